The number of hydrogen-bond acceptors (Lipinski definition) is 2. The molecular formula is C18H25NO. The van der Waals surface area contributed by atoms with Crippen LogP contribution >= 0.6 is 0 Å². The van der Waals surface area contributed by atoms with Crippen molar-refractivity contribution in [1.29, 1.82) is 0 Å². The van der Waals surface area contributed by atoms with Crippen LogP contribution in [0.2, 0.25) is 0 Å². The zero-order valence-electron chi connectivity index (χ0n) is 12.5. The number of aliphatic hydroxyl groups is 1. The summed E-state index contributed by atoms with van der Waals surface area (Å²) in [5.74, 6) is 1.54. The van der Waals surface area contributed by atoms with Crippen LogP contribution in [0.4, 0.5) is 0 Å². The summed E-state index contributed by atoms with van der Waals surface area (Å²) in [5, 5.41) is 10.7. The molecule has 2 fully saturated rings. The van der Waals surface area contributed by atoms with E-state index in [1.165, 1.54) is 17.7 Å². The average Bonchev–Trinajstić information content (AvgIpc) is 2.37. The number of rotatable bonds is 2. The molecule has 108 valence electrons. The Labute approximate surface area is 121 Å². The number of aliphatic imine (C=N–C) groups is 1. The van der Waals surface area contributed by atoms with Crippen LogP contribution in [0.1, 0.15) is 45.1 Å². The Kier molecular flexibility index (Phi) is 3.68. The van der Waals surface area contributed by atoms with Crippen LogP contribution in [-0.2, 0) is 6.54 Å². The third-order valence-corrected chi connectivity index (χ3v) is 4.94. The van der Waals surface area contributed by atoms with Crippen molar-refractivity contribution in [2.75, 3.05) is 0 Å². The van der Waals surface area contributed by atoms with Gasteiger partial charge in [-0.2, -0.15) is 0 Å². The summed E-state index contributed by atoms with van der Waals surface area (Å²) >= 11 is 0. The Hall–Kier alpha value is -1.15. The molecule has 1 aromatic carbocycles. The lowest BCUT2D eigenvalue weighted by molar-refractivity contribution is -0.0471. The Balaban J connectivity index is 1.78. The number of fused-ring (bicyclic) bond motifs is 2. The summed E-state index contributed by atoms with van der Waals surface area (Å²) in [6, 6.07) is 10.5. The lowest BCUT2D eigenvalue weighted by Crippen LogP contribution is -2.49. The summed E-state index contributed by atoms with van der Waals surface area (Å²) in [5.41, 5.74) is 2.20. The van der Waals surface area contributed by atoms with E-state index in [9.17, 15) is 5.11 Å². The lowest BCUT2D eigenvalue weighted by Gasteiger charge is -2.47. The minimum Gasteiger partial charge on any atom is -0.390 e. The molecule has 0 amide bonds. The van der Waals surface area contributed by atoms with E-state index in [2.05, 4.69) is 38.1 Å². The van der Waals surface area contributed by atoms with Gasteiger partial charge in [0.1, 0.15) is 0 Å². The predicted molar refractivity (Wildman–Crippen MR) is 82.8 cm³/mol. The van der Waals surface area contributed by atoms with Crippen molar-refractivity contribution in [2.45, 2.75) is 51.7 Å². The lowest BCUT2D eigenvalue weighted by atomic mass is 9.62. The summed E-state index contributed by atoms with van der Waals surface area (Å²) in [4.78, 5) is 4.93. The van der Waals surface area contributed by atoms with E-state index in [1.54, 1.807) is 0 Å². The second kappa shape index (κ2) is 5.33. The van der Waals surface area contributed by atoms with Gasteiger partial charge in [-0.05, 0) is 43.1 Å². The predicted octanol–water partition coefficient (Wildman–Crippen LogP) is 3.83. The van der Waals surface area contributed by atoms with Gasteiger partial charge in [0.05, 0.1) is 12.1 Å². The minimum atomic E-state index is -0.423. The van der Waals surface area contributed by atoms with Crippen LogP contribution in [0.15, 0.2) is 35.3 Å². The van der Waals surface area contributed by atoms with Gasteiger partial charge >= 0.3 is 0 Å². The number of hydrogen-bond donors (Lipinski definition) is 1. The van der Waals surface area contributed by atoms with Crippen LogP contribution in [0, 0.1) is 17.8 Å². The number of benzene rings is 1. The van der Waals surface area contributed by atoms with Crippen molar-refractivity contribution in [3.05, 3.63) is 35.9 Å². The first-order valence-corrected chi connectivity index (χ1v) is 7.86. The molecule has 2 nitrogen and oxygen atoms in total. The fourth-order valence-corrected chi connectivity index (χ4v) is 4.36. The van der Waals surface area contributed by atoms with Crippen molar-refractivity contribution in [3.63, 3.8) is 0 Å². The molecule has 0 aliphatic heterocycles. The standard InChI is InChI=1S/C18H25NO/c1-13-8-16-11-18(20,9-13)10-14(2)17(16)19-12-15-6-4-3-5-7-15/h3-7,13-14,16,20H,8-12H2,1-2H3/b19-17+. The molecule has 0 heterocycles. The topological polar surface area (TPSA) is 32.6 Å². The van der Waals surface area contributed by atoms with Crippen molar-refractivity contribution in [2.24, 2.45) is 22.7 Å². The maximum Gasteiger partial charge on any atom is 0.0662 e. The molecule has 3 rings (SSSR count). The average molecular weight is 271 g/mol. The largest absolute Gasteiger partial charge is 0.390 e. The first-order valence-electron chi connectivity index (χ1n) is 7.86. The smallest absolute Gasteiger partial charge is 0.0662 e. The Morgan fingerprint density at radius 1 is 1.15 bits per heavy atom. The Morgan fingerprint density at radius 2 is 1.90 bits per heavy atom. The molecule has 2 heteroatoms. The highest BCUT2D eigenvalue weighted by molar-refractivity contribution is 5.90. The zero-order valence-corrected chi connectivity index (χ0v) is 12.5. The molecule has 1 N–H and O–H groups in total. The second-order valence-electron chi connectivity index (χ2n) is 7.00. The SMILES string of the molecule is CC1CC2CC(O)(C1)CC(C)/C2=N\Cc1ccccc1. The van der Waals surface area contributed by atoms with E-state index >= 15 is 0 Å². The fraction of sp³-hybridized carbons (Fsp3) is 0.611. The van der Waals surface area contributed by atoms with Crippen molar-refractivity contribution in [3.8, 4) is 0 Å². The maximum atomic E-state index is 10.7. The third-order valence-electron chi connectivity index (χ3n) is 4.94. The highest BCUT2D eigenvalue weighted by Crippen LogP contribution is 2.46. The first kappa shape index (κ1) is 13.8. The maximum absolute atomic E-state index is 10.7. The van der Waals surface area contributed by atoms with E-state index in [-0.39, 0.29) is 0 Å². The van der Waals surface area contributed by atoms with Gasteiger partial charge in [0.15, 0.2) is 0 Å². The van der Waals surface area contributed by atoms with Gasteiger partial charge in [0, 0.05) is 11.6 Å². The molecule has 1 aromatic rings. The van der Waals surface area contributed by atoms with Crippen LogP contribution in [0.5, 0.6) is 0 Å². The first-order chi connectivity index (χ1) is 9.56. The fourth-order valence-electron chi connectivity index (χ4n) is 4.36. The molecule has 0 aromatic heterocycles. The van der Waals surface area contributed by atoms with Gasteiger partial charge in [0.2, 0.25) is 0 Å². The normalized spacial score (nSPS) is 39.0. The Morgan fingerprint density at radius 3 is 2.65 bits per heavy atom. The molecule has 0 saturated heterocycles. The van der Waals surface area contributed by atoms with Gasteiger partial charge in [-0.1, -0.05) is 44.2 Å². The summed E-state index contributed by atoms with van der Waals surface area (Å²) < 4.78 is 0. The molecular weight excluding hydrogens is 246 g/mol. The van der Waals surface area contributed by atoms with Crippen molar-refractivity contribution < 1.29 is 5.11 Å². The molecule has 2 bridgehead atoms. The van der Waals surface area contributed by atoms with E-state index in [0.717, 1.165) is 25.8 Å². The van der Waals surface area contributed by atoms with Crippen LogP contribution in [0.25, 0.3) is 0 Å². The van der Waals surface area contributed by atoms with E-state index in [4.69, 9.17) is 4.99 Å². The van der Waals surface area contributed by atoms with Gasteiger partial charge in [0.25, 0.3) is 0 Å². The minimum absolute atomic E-state index is 0.423. The van der Waals surface area contributed by atoms with Gasteiger partial charge in [-0.25, -0.2) is 0 Å². The molecule has 2 saturated carbocycles. The van der Waals surface area contributed by atoms with Crippen LogP contribution in [0.3, 0.4) is 0 Å². The molecule has 2 aliphatic carbocycles. The summed E-state index contributed by atoms with van der Waals surface area (Å²) in [6.07, 6.45) is 3.98. The van der Waals surface area contributed by atoms with E-state index in [0.29, 0.717) is 17.8 Å². The molecule has 4 atom stereocenters. The third kappa shape index (κ3) is 2.80. The van der Waals surface area contributed by atoms with Crippen molar-refractivity contribution in [1.82, 2.24) is 0 Å². The van der Waals surface area contributed by atoms with E-state index < -0.39 is 5.60 Å². The molecule has 4 unspecified atom stereocenters. The highest BCUT2D eigenvalue weighted by Gasteiger charge is 2.45. The molecule has 2 aliphatic rings. The molecule has 20 heavy (non-hydrogen) atoms. The molecule has 0 radical (unpaired) electrons. The van der Waals surface area contributed by atoms with Gasteiger partial charge < -0.3 is 5.11 Å². The van der Waals surface area contributed by atoms with Gasteiger partial charge in [-0.3, -0.25) is 4.99 Å². The number of nitrogens with zero attached hydrogens (tertiary/aromatic N) is 1. The quantitative estimate of drug-likeness (QED) is 0.871. The van der Waals surface area contributed by atoms with Crippen LogP contribution < -0.4 is 0 Å². The monoisotopic (exact) mass is 271 g/mol. The second-order valence-corrected chi connectivity index (χ2v) is 7.00. The highest BCUT2D eigenvalue weighted by atomic mass is 16.3. The van der Waals surface area contributed by atoms with Gasteiger partial charge in [-0.15, -0.1) is 0 Å². The summed E-state index contributed by atoms with van der Waals surface area (Å²) in [7, 11) is 0. The Bertz CT molecular complexity index is 491. The zero-order chi connectivity index (χ0) is 14.2. The van der Waals surface area contributed by atoms with Crippen molar-refractivity contribution >= 4 is 5.71 Å². The molecule has 0 spiro atoms. The van der Waals surface area contributed by atoms with E-state index in [1.807, 2.05) is 6.07 Å². The summed E-state index contributed by atoms with van der Waals surface area (Å²) in [6.45, 7) is 5.28. The van der Waals surface area contributed by atoms with Crippen LogP contribution in [-0.4, -0.2) is 16.4 Å².